The summed E-state index contributed by atoms with van der Waals surface area (Å²) in [6, 6.07) is 13.9. The smallest absolute Gasteiger partial charge is 0.225 e. The van der Waals surface area contributed by atoms with Crippen molar-refractivity contribution in [1.29, 1.82) is 0 Å². The second-order valence-corrected chi connectivity index (χ2v) is 5.38. The van der Waals surface area contributed by atoms with Crippen LogP contribution < -0.4 is 10.6 Å². The maximum absolute atomic E-state index is 13.6. The summed E-state index contributed by atoms with van der Waals surface area (Å²) in [5.41, 5.74) is 2.03. The molecule has 2 aromatic rings. The lowest BCUT2D eigenvalue weighted by Crippen LogP contribution is -2.28. The number of aliphatic hydroxyl groups is 1. The van der Waals surface area contributed by atoms with Gasteiger partial charge in [0, 0.05) is 13.0 Å². The molecule has 2 rings (SSSR count). The van der Waals surface area contributed by atoms with E-state index >= 15 is 0 Å². The van der Waals surface area contributed by atoms with Crippen molar-refractivity contribution in [1.82, 2.24) is 5.32 Å². The molecule has 0 fully saturated rings. The Morgan fingerprint density at radius 3 is 2.65 bits per heavy atom. The number of hydrogen-bond acceptors (Lipinski definition) is 3. The van der Waals surface area contributed by atoms with Crippen molar-refractivity contribution in [3.63, 3.8) is 0 Å². The summed E-state index contributed by atoms with van der Waals surface area (Å²) in [7, 11) is 0. The van der Waals surface area contributed by atoms with E-state index in [1.807, 2.05) is 37.3 Å². The fourth-order valence-corrected chi connectivity index (χ4v) is 2.28. The minimum Gasteiger partial charge on any atom is -0.394 e. The summed E-state index contributed by atoms with van der Waals surface area (Å²) in [6.07, 6.45) is 0.191. The van der Waals surface area contributed by atoms with Crippen LogP contribution in [-0.2, 0) is 4.79 Å². The van der Waals surface area contributed by atoms with Gasteiger partial charge in [0.05, 0.1) is 18.3 Å². The van der Waals surface area contributed by atoms with Gasteiger partial charge in [-0.2, -0.15) is 0 Å². The number of benzene rings is 2. The molecule has 0 bridgehead atoms. The molecule has 1 amide bonds. The van der Waals surface area contributed by atoms with Crippen LogP contribution in [0.15, 0.2) is 48.5 Å². The van der Waals surface area contributed by atoms with E-state index in [9.17, 15) is 14.3 Å². The van der Waals surface area contributed by atoms with Gasteiger partial charge in [-0.15, -0.1) is 0 Å². The van der Waals surface area contributed by atoms with Crippen molar-refractivity contribution < 1.29 is 14.3 Å². The molecule has 0 spiro atoms. The van der Waals surface area contributed by atoms with Gasteiger partial charge in [0.25, 0.3) is 0 Å². The number of carbonyl (C=O) groups is 1. The van der Waals surface area contributed by atoms with Crippen molar-refractivity contribution in [3.05, 3.63) is 65.5 Å². The van der Waals surface area contributed by atoms with E-state index in [1.54, 1.807) is 12.1 Å². The van der Waals surface area contributed by atoms with Crippen molar-refractivity contribution in [2.45, 2.75) is 19.4 Å². The second kappa shape index (κ2) is 8.41. The van der Waals surface area contributed by atoms with Crippen LogP contribution in [0.1, 0.15) is 23.6 Å². The van der Waals surface area contributed by atoms with Gasteiger partial charge in [0.2, 0.25) is 5.91 Å². The Labute approximate surface area is 135 Å². The number of nitrogens with one attached hydrogen (secondary N) is 2. The summed E-state index contributed by atoms with van der Waals surface area (Å²) in [5, 5.41) is 15.1. The molecule has 0 aliphatic heterocycles. The van der Waals surface area contributed by atoms with Gasteiger partial charge in [0.1, 0.15) is 5.82 Å². The topological polar surface area (TPSA) is 61.4 Å². The predicted octanol–water partition coefficient (Wildman–Crippen LogP) is 2.79. The molecule has 0 aliphatic carbocycles. The fraction of sp³-hybridized carbons (Fsp3) is 0.278. The molecule has 0 aliphatic rings. The fourth-order valence-electron chi connectivity index (χ4n) is 2.28. The third-order valence-electron chi connectivity index (χ3n) is 3.52. The highest BCUT2D eigenvalue weighted by Gasteiger charge is 2.11. The number of amides is 1. The summed E-state index contributed by atoms with van der Waals surface area (Å²) < 4.78 is 13.6. The maximum atomic E-state index is 13.6. The molecule has 2 aromatic carbocycles. The average Bonchev–Trinajstić information content (AvgIpc) is 2.56. The highest BCUT2D eigenvalue weighted by atomic mass is 19.1. The second-order valence-electron chi connectivity index (χ2n) is 5.38. The Morgan fingerprint density at radius 2 is 1.96 bits per heavy atom. The van der Waals surface area contributed by atoms with Crippen molar-refractivity contribution >= 4 is 11.6 Å². The molecule has 0 aromatic heterocycles. The van der Waals surface area contributed by atoms with Gasteiger partial charge in [0.15, 0.2) is 0 Å². The van der Waals surface area contributed by atoms with E-state index in [4.69, 9.17) is 0 Å². The molecule has 1 atom stereocenters. The third-order valence-corrected chi connectivity index (χ3v) is 3.52. The number of aliphatic hydroxyl groups excluding tert-OH is 1. The first-order chi connectivity index (χ1) is 11.1. The van der Waals surface area contributed by atoms with Gasteiger partial charge >= 0.3 is 0 Å². The molecule has 0 saturated carbocycles. The average molecular weight is 316 g/mol. The van der Waals surface area contributed by atoms with Gasteiger partial charge in [-0.1, -0.05) is 36.4 Å². The Morgan fingerprint density at radius 1 is 1.22 bits per heavy atom. The molecular formula is C18H21FN2O2. The summed E-state index contributed by atoms with van der Waals surface area (Å²) in [4.78, 5) is 11.9. The Hall–Kier alpha value is -2.24. The molecule has 0 unspecified atom stereocenters. The molecule has 0 radical (unpaired) electrons. The van der Waals surface area contributed by atoms with Crippen LogP contribution in [0.5, 0.6) is 0 Å². The molecule has 5 heteroatoms. The largest absolute Gasteiger partial charge is 0.394 e. The molecule has 3 N–H and O–H groups in total. The number of hydrogen-bond donors (Lipinski definition) is 3. The molecule has 0 saturated heterocycles. The van der Waals surface area contributed by atoms with E-state index in [0.717, 1.165) is 11.1 Å². The highest BCUT2D eigenvalue weighted by Crippen LogP contribution is 2.16. The first kappa shape index (κ1) is 17.1. The third kappa shape index (κ3) is 5.16. The van der Waals surface area contributed by atoms with Gasteiger partial charge in [-0.25, -0.2) is 4.39 Å². The van der Waals surface area contributed by atoms with Crippen LogP contribution >= 0.6 is 0 Å². The molecule has 23 heavy (non-hydrogen) atoms. The number of carbonyl (C=O) groups excluding carboxylic acids is 1. The first-order valence-corrected chi connectivity index (χ1v) is 7.55. The minimum atomic E-state index is -0.450. The molecular weight excluding hydrogens is 295 g/mol. The predicted molar refractivity (Wildman–Crippen MR) is 88.7 cm³/mol. The summed E-state index contributed by atoms with van der Waals surface area (Å²) in [6.45, 7) is 2.17. The van der Waals surface area contributed by atoms with Crippen molar-refractivity contribution in [3.8, 4) is 0 Å². The standard InChI is InChI=1S/C18H21FN2O2/c1-13-7-8-15(19)16(11-13)21-18(23)9-10-20-17(12-22)14-5-3-2-4-6-14/h2-8,11,17,20,22H,9-10,12H2,1H3,(H,21,23)/t17-/m0/s1. The van der Waals surface area contributed by atoms with E-state index in [-0.39, 0.29) is 30.7 Å². The summed E-state index contributed by atoms with van der Waals surface area (Å²) >= 11 is 0. The van der Waals surface area contributed by atoms with E-state index in [0.29, 0.717) is 6.54 Å². The van der Waals surface area contributed by atoms with E-state index in [2.05, 4.69) is 10.6 Å². The van der Waals surface area contributed by atoms with Gasteiger partial charge in [-0.3, -0.25) is 4.79 Å². The molecule has 0 heterocycles. The maximum Gasteiger partial charge on any atom is 0.225 e. The lowest BCUT2D eigenvalue weighted by molar-refractivity contribution is -0.116. The Bertz CT molecular complexity index is 647. The van der Waals surface area contributed by atoms with Crippen LogP contribution in [0.2, 0.25) is 0 Å². The number of anilines is 1. The van der Waals surface area contributed by atoms with Gasteiger partial charge < -0.3 is 15.7 Å². The summed E-state index contributed by atoms with van der Waals surface area (Å²) in [5.74, 6) is -0.721. The number of halogens is 1. The first-order valence-electron chi connectivity index (χ1n) is 7.55. The zero-order valence-electron chi connectivity index (χ0n) is 13.1. The zero-order valence-corrected chi connectivity index (χ0v) is 13.1. The zero-order chi connectivity index (χ0) is 16.7. The van der Waals surface area contributed by atoms with Crippen molar-refractivity contribution in [2.75, 3.05) is 18.5 Å². The van der Waals surface area contributed by atoms with Gasteiger partial charge in [-0.05, 0) is 30.2 Å². The Kier molecular flexibility index (Phi) is 6.26. The number of rotatable bonds is 7. The van der Waals surface area contributed by atoms with Crippen LogP contribution in [0.25, 0.3) is 0 Å². The monoisotopic (exact) mass is 316 g/mol. The molecule has 4 nitrogen and oxygen atoms in total. The quantitative estimate of drug-likeness (QED) is 0.736. The van der Waals surface area contributed by atoms with Crippen LogP contribution in [0, 0.1) is 12.7 Å². The SMILES string of the molecule is Cc1ccc(F)c(NC(=O)CCN[C@@H](CO)c2ccccc2)c1. The number of aryl methyl sites for hydroxylation is 1. The lowest BCUT2D eigenvalue weighted by atomic mass is 10.1. The minimum absolute atomic E-state index is 0.0574. The normalized spacial score (nSPS) is 12.0. The van der Waals surface area contributed by atoms with E-state index < -0.39 is 5.82 Å². The van der Waals surface area contributed by atoms with Crippen LogP contribution in [0.3, 0.4) is 0 Å². The van der Waals surface area contributed by atoms with E-state index in [1.165, 1.54) is 6.07 Å². The van der Waals surface area contributed by atoms with Crippen molar-refractivity contribution in [2.24, 2.45) is 0 Å². The Balaban J connectivity index is 1.83. The molecule has 122 valence electrons. The van der Waals surface area contributed by atoms with Crippen LogP contribution in [-0.4, -0.2) is 24.2 Å². The lowest BCUT2D eigenvalue weighted by Gasteiger charge is -2.16. The van der Waals surface area contributed by atoms with Crippen LogP contribution in [0.4, 0.5) is 10.1 Å². The highest BCUT2D eigenvalue weighted by molar-refractivity contribution is 5.91.